The van der Waals surface area contributed by atoms with Crippen molar-refractivity contribution in [3.8, 4) is 0 Å². The third-order valence-corrected chi connectivity index (χ3v) is 3.69. The number of aliphatic imine (C=N–C) groups is 1. The van der Waals surface area contributed by atoms with E-state index in [4.69, 9.17) is 5.73 Å². The summed E-state index contributed by atoms with van der Waals surface area (Å²) in [6, 6.07) is 1.21. The van der Waals surface area contributed by atoms with E-state index in [0.717, 1.165) is 15.4 Å². The molecule has 0 aromatic carbocycles. The van der Waals surface area contributed by atoms with Gasteiger partial charge in [0.1, 0.15) is 11.9 Å². The molecule has 0 radical (unpaired) electrons. The Hall–Kier alpha value is -0.950. The molecule has 2 amide bonds. The van der Waals surface area contributed by atoms with Crippen molar-refractivity contribution in [1.29, 1.82) is 0 Å². The third kappa shape index (κ3) is 2.42. The quantitative estimate of drug-likeness (QED) is 0.882. The lowest BCUT2D eigenvalue weighted by Crippen LogP contribution is -2.34. The van der Waals surface area contributed by atoms with E-state index in [2.05, 4.69) is 41.8 Å². The van der Waals surface area contributed by atoms with Crippen LogP contribution in [-0.2, 0) is 0 Å². The van der Waals surface area contributed by atoms with Crippen molar-refractivity contribution in [1.82, 2.24) is 9.88 Å². The normalized spacial score (nSPS) is 19.3. The molecule has 1 atom stereocenters. The largest absolute Gasteiger partial charge is 0.385 e. The lowest BCUT2D eigenvalue weighted by Gasteiger charge is -2.23. The Kier molecular flexibility index (Phi) is 4.01. The monoisotopic (exact) mass is 374 g/mol. The topological polar surface area (TPSA) is 71.6 Å². The number of hydrogen-bond donors (Lipinski definition) is 1. The van der Waals surface area contributed by atoms with Crippen molar-refractivity contribution >= 4 is 43.7 Å². The molecule has 2 heterocycles. The second kappa shape index (κ2) is 5.36. The molecule has 0 saturated carbocycles. The zero-order valence-corrected chi connectivity index (χ0v) is 12.9. The van der Waals surface area contributed by atoms with Crippen LogP contribution in [-0.4, -0.2) is 28.3 Å². The van der Waals surface area contributed by atoms with Crippen LogP contribution in [0.1, 0.15) is 25.1 Å². The molecule has 1 aliphatic heterocycles. The highest BCUT2D eigenvalue weighted by Gasteiger charge is 2.36. The van der Waals surface area contributed by atoms with E-state index in [0.29, 0.717) is 18.1 Å². The number of amidine groups is 1. The van der Waals surface area contributed by atoms with Crippen LogP contribution in [0.15, 0.2) is 26.2 Å². The minimum atomic E-state index is -0.375. The molecule has 0 bridgehead atoms. The van der Waals surface area contributed by atoms with Crippen LogP contribution in [0, 0.1) is 0 Å². The summed E-state index contributed by atoms with van der Waals surface area (Å²) < 4.78 is 1.66. The maximum absolute atomic E-state index is 11.7. The van der Waals surface area contributed by atoms with Gasteiger partial charge >= 0.3 is 6.03 Å². The van der Waals surface area contributed by atoms with Gasteiger partial charge in [0.25, 0.3) is 0 Å². The summed E-state index contributed by atoms with van der Waals surface area (Å²) in [4.78, 5) is 21.5. The number of hydrogen-bond acceptors (Lipinski definition) is 3. The van der Waals surface area contributed by atoms with E-state index in [1.807, 2.05) is 13.0 Å². The Morgan fingerprint density at radius 3 is 2.83 bits per heavy atom. The first-order chi connectivity index (χ1) is 8.54. The van der Waals surface area contributed by atoms with Crippen LogP contribution < -0.4 is 5.73 Å². The molecule has 0 saturated heterocycles. The lowest BCUT2D eigenvalue weighted by atomic mass is 10.1. The van der Waals surface area contributed by atoms with E-state index in [-0.39, 0.29) is 12.1 Å². The van der Waals surface area contributed by atoms with Gasteiger partial charge in [-0.1, -0.05) is 6.92 Å². The predicted molar refractivity (Wildman–Crippen MR) is 76.4 cm³/mol. The Morgan fingerprint density at radius 1 is 1.50 bits per heavy atom. The highest BCUT2D eigenvalue weighted by atomic mass is 79.9. The molecule has 18 heavy (non-hydrogen) atoms. The van der Waals surface area contributed by atoms with Gasteiger partial charge in [-0.05, 0) is 44.3 Å². The van der Waals surface area contributed by atoms with Crippen LogP contribution in [0.5, 0.6) is 0 Å². The number of aromatic nitrogens is 1. The summed E-state index contributed by atoms with van der Waals surface area (Å²) in [7, 11) is 0. The van der Waals surface area contributed by atoms with Gasteiger partial charge in [-0.3, -0.25) is 4.98 Å². The fourth-order valence-corrected chi connectivity index (χ4v) is 3.09. The molecule has 5 nitrogen and oxygen atoms in total. The van der Waals surface area contributed by atoms with Crippen LogP contribution in [0.4, 0.5) is 4.79 Å². The number of amides is 2. The van der Waals surface area contributed by atoms with Crippen LogP contribution in [0.25, 0.3) is 0 Å². The molecular weight excluding hydrogens is 364 g/mol. The van der Waals surface area contributed by atoms with Crippen molar-refractivity contribution in [2.45, 2.75) is 19.4 Å². The highest BCUT2D eigenvalue weighted by molar-refractivity contribution is 9.11. The van der Waals surface area contributed by atoms with Crippen molar-refractivity contribution in [2.75, 3.05) is 6.54 Å². The van der Waals surface area contributed by atoms with Gasteiger partial charge in [0.05, 0.1) is 5.69 Å². The Bertz CT molecular complexity index is 518. The van der Waals surface area contributed by atoms with E-state index in [9.17, 15) is 4.79 Å². The van der Waals surface area contributed by atoms with Crippen LogP contribution >= 0.6 is 31.9 Å². The molecule has 7 heteroatoms. The van der Waals surface area contributed by atoms with Gasteiger partial charge in [-0.2, -0.15) is 4.99 Å². The molecule has 2 N–H and O–H groups in total. The van der Waals surface area contributed by atoms with Crippen LogP contribution in [0.2, 0.25) is 0 Å². The first-order valence-corrected chi connectivity index (χ1v) is 7.08. The van der Waals surface area contributed by atoms with Gasteiger partial charge in [0.15, 0.2) is 0 Å². The predicted octanol–water partition coefficient (Wildman–Crippen LogP) is 2.85. The molecule has 96 valence electrons. The number of carbonyl (C=O) groups excluding carboxylic acids is 1. The highest BCUT2D eigenvalue weighted by Crippen LogP contribution is 2.31. The number of halogens is 2. The summed E-state index contributed by atoms with van der Waals surface area (Å²) in [5, 5.41) is 0. The summed E-state index contributed by atoms with van der Waals surface area (Å²) >= 11 is 6.79. The number of urea groups is 1. The molecule has 1 aromatic heterocycles. The summed E-state index contributed by atoms with van der Waals surface area (Å²) in [6.07, 6.45) is 2.53. The van der Waals surface area contributed by atoms with Crippen molar-refractivity contribution in [3.05, 3.63) is 26.9 Å². The van der Waals surface area contributed by atoms with Gasteiger partial charge in [0.2, 0.25) is 0 Å². The fourth-order valence-electron chi connectivity index (χ4n) is 1.89. The lowest BCUT2D eigenvalue weighted by molar-refractivity contribution is 0.205. The van der Waals surface area contributed by atoms with E-state index < -0.39 is 0 Å². The van der Waals surface area contributed by atoms with Gasteiger partial charge in [0, 0.05) is 21.7 Å². The van der Waals surface area contributed by atoms with Crippen molar-refractivity contribution < 1.29 is 4.79 Å². The number of carbonyl (C=O) groups is 1. The Labute approximate surface area is 122 Å². The molecule has 1 aliphatic rings. The molecule has 0 fully saturated rings. The van der Waals surface area contributed by atoms with E-state index in [1.54, 1.807) is 11.1 Å². The smallest absolute Gasteiger partial charge is 0.346 e. The number of nitrogens with zero attached hydrogens (tertiary/aromatic N) is 3. The van der Waals surface area contributed by atoms with Crippen molar-refractivity contribution in [3.63, 3.8) is 0 Å². The van der Waals surface area contributed by atoms with Gasteiger partial charge < -0.3 is 10.6 Å². The molecule has 1 unspecified atom stereocenters. The zero-order chi connectivity index (χ0) is 13.3. The average Bonchev–Trinajstić information content (AvgIpc) is 2.56. The zero-order valence-electron chi connectivity index (χ0n) is 9.73. The molecule has 0 aliphatic carbocycles. The third-order valence-electron chi connectivity index (χ3n) is 2.62. The maximum atomic E-state index is 11.7. The second-order valence-electron chi connectivity index (χ2n) is 3.94. The first-order valence-electron chi connectivity index (χ1n) is 5.50. The number of rotatable bonds is 3. The minimum absolute atomic E-state index is 0.295. The minimum Gasteiger partial charge on any atom is -0.385 e. The Morgan fingerprint density at radius 2 is 2.22 bits per heavy atom. The number of nitrogens with two attached hydrogens (primary N) is 1. The maximum Gasteiger partial charge on any atom is 0.346 e. The second-order valence-corrected chi connectivity index (χ2v) is 5.71. The average molecular weight is 376 g/mol. The SMILES string of the molecule is CCCN1C(=O)N=C(N)C1c1ncc(Br)cc1Br. The van der Waals surface area contributed by atoms with E-state index >= 15 is 0 Å². The molecule has 2 rings (SSSR count). The summed E-state index contributed by atoms with van der Waals surface area (Å²) in [5.41, 5.74) is 6.55. The summed E-state index contributed by atoms with van der Waals surface area (Å²) in [5.74, 6) is 0.295. The molecule has 1 aromatic rings. The fraction of sp³-hybridized carbons (Fsp3) is 0.364. The first kappa shape index (κ1) is 13.5. The number of pyridine rings is 1. The molecule has 0 spiro atoms. The Balaban J connectivity index is 2.41. The van der Waals surface area contributed by atoms with E-state index in [1.165, 1.54) is 0 Å². The van der Waals surface area contributed by atoms with Crippen molar-refractivity contribution in [2.24, 2.45) is 10.7 Å². The van der Waals surface area contributed by atoms with Gasteiger partial charge in [-0.15, -0.1) is 0 Å². The van der Waals surface area contributed by atoms with Gasteiger partial charge in [-0.25, -0.2) is 4.79 Å². The van der Waals surface area contributed by atoms with Crippen LogP contribution in [0.3, 0.4) is 0 Å². The molecular formula is C11H12Br2N4O. The standard InChI is InChI=1S/C11H12Br2N4O/c1-2-3-17-9(10(14)16-11(17)18)8-7(13)4-6(12)5-15-8/h4-5,9H,2-3H2,1H3,(H2,14,16,18). The summed E-state index contributed by atoms with van der Waals surface area (Å²) in [6.45, 7) is 2.61.